The third-order valence-corrected chi connectivity index (χ3v) is 5.08. The number of rotatable bonds is 4. The van der Waals surface area contributed by atoms with Gasteiger partial charge in [0.05, 0.1) is 29.8 Å². The van der Waals surface area contributed by atoms with Gasteiger partial charge in [-0.15, -0.1) is 0 Å². The summed E-state index contributed by atoms with van der Waals surface area (Å²) in [4.78, 5) is 6.55. The smallest absolute Gasteiger partial charge is 0.320 e. The van der Waals surface area contributed by atoms with Gasteiger partial charge in [0.2, 0.25) is 0 Å². The molecule has 0 amide bonds. The number of aromatic nitrogens is 2. The fraction of sp³-hybridized carbons (Fsp3) is 0.350. The highest BCUT2D eigenvalue weighted by atomic mass is 19.3. The van der Waals surface area contributed by atoms with Gasteiger partial charge in [0, 0.05) is 13.1 Å². The maximum atomic E-state index is 13.7. The normalized spacial score (nSPS) is 19.7. The quantitative estimate of drug-likeness (QED) is 0.662. The minimum Gasteiger partial charge on any atom is -0.371 e. The number of hydrogen-bond donors (Lipinski definition) is 0. The number of benzene rings is 2. The Morgan fingerprint density at radius 1 is 1.11 bits per heavy atom. The number of ether oxygens (including phenoxy) is 1. The van der Waals surface area contributed by atoms with Gasteiger partial charge in [-0.2, -0.15) is 8.78 Å². The molecule has 0 bridgehead atoms. The summed E-state index contributed by atoms with van der Waals surface area (Å²) in [6, 6.07) is 12.8. The lowest BCUT2D eigenvalue weighted by molar-refractivity contribution is -0.0461. The van der Waals surface area contributed by atoms with Gasteiger partial charge in [0.15, 0.2) is 0 Å². The van der Waals surface area contributed by atoms with E-state index >= 15 is 0 Å². The van der Waals surface area contributed by atoms with Gasteiger partial charge in [-0.3, -0.25) is 9.47 Å². The molecule has 1 saturated heterocycles. The van der Waals surface area contributed by atoms with Crippen LogP contribution in [0.1, 0.15) is 37.0 Å². The molecule has 0 saturated carbocycles. The van der Waals surface area contributed by atoms with E-state index in [2.05, 4.69) is 9.88 Å². The summed E-state index contributed by atoms with van der Waals surface area (Å²) < 4.78 is 47.5. The number of fused-ring (bicyclic) bond motifs is 1. The zero-order chi connectivity index (χ0) is 19.0. The Morgan fingerprint density at radius 3 is 2.59 bits per heavy atom. The molecule has 0 unspecified atom stereocenters. The average molecular weight is 375 g/mol. The molecule has 0 aliphatic carbocycles. The SMILES string of the molecule is C[C@@H](c1nc2ccccc2n1C(F)F)N1CCO[C@H](c2ccc(F)cc2)C1. The Morgan fingerprint density at radius 2 is 1.85 bits per heavy atom. The number of alkyl halides is 2. The van der Waals surface area contributed by atoms with Crippen LogP contribution in [-0.2, 0) is 4.74 Å². The third kappa shape index (κ3) is 3.44. The van der Waals surface area contributed by atoms with Gasteiger partial charge in [-0.05, 0) is 36.8 Å². The van der Waals surface area contributed by atoms with E-state index in [0.717, 1.165) is 10.1 Å². The van der Waals surface area contributed by atoms with Crippen molar-refractivity contribution in [2.75, 3.05) is 19.7 Å². The second-order valence-corrected chi connectivity index (χ2v) is 6.69. The van der Waals surface area contributed by atoms with Crippen molar-refractivity contribution in [1.82, 2.24) is 14.5 Å². The first-order valence-electron chi connectivity index (χ1n) is 8.90. The topological polar surface area (TPSA) is 30.3 Å². The van der Waals surface area contributed by atoms with Crippen LogP contribution in [0.3, 0.4) is 0 Å². The van der Waals surface area contributed by atoms with Crippen molar-refractivity contribution in [2.45, 2.75) is 25.6 Å². The molecule has 7 heteroatoms. The number of imidazole rings is 1. The number of halogens is 3. The Kier molecular flexibility index (Phi) is 4.88. The predicted molar refractivity (Wildman–Crippen MR) is 96.1 cm³/mol. The van der Waals surface area contributed by atoms with Gasteiger partial charge in [0.25, 0.3) is 0 Å². The molecule has 4 nitrogen and oxygen atoms in total. The Balaban J connectivity index is 1.62. The first-order valence-corrected chi connectivity index (χ1v) is 8.90. The standard InChI is InChI=1S/C20H20F3N3O/c1-13(19-24-16-4-2-3-5-17(16)26(19)20(22)23)25-10-11-27-18(12-25)14-6-8-15(21)9-7-14/h2-9,13,18,20H,10-12H2,1H3/t13-,18-/m0/s1. The molecule has 142 valence electrons. The van der Waals surface area contributed by atoms with Crippen molar-refractivity contribution in [3.63, 3.8) is 0 Å². The monoisotopic (exact) mass is 375 g/mol. The molecule has 4 rings (SSSR count). The molecule has 0 radical (unpaired) electrons. The molecule has 2 heterocycles. The van der Waals surface area contributed by atoms with Crippen molar-refractivity contribution in [1.29, 1.82) is 0 Å². The second-order valence-electron chi connectivity index (χ2n) is 6.69. The Bertz CT molecular complexity index is 926. The van der Waals surface area contributed by atoms with E-state index in [1.54, 1.807) is 36.4 Å². The van der Waals surface area contributed by atoms with Crippen molar-refractivity contribution >= 4 is 11.0 Å². The summed E-state index contributed by atoms with van der Waals surface area (Å²) in [5.74, 6) is 0.0383. The lowest BCUT2D eigenvalue weighted by atomic mass is 10.1. The fourth-order valence-corrected chi connectivity index (χ4v) is 3.63. The van der Waals surface area contributed by atoms with E-state index in [1.165, 1.54) is 12.1 Å². The highest BCUT2D eigenvalue weighted by Gasteiger charge is 2.30. The van der Waals surface area contributed by atoms with Crippen molar-refractivity contribution in [3.8, 4) is 0 Å². The first kappa shape index (κ1) is 18.0. The predicted octanol–water partition coefficient (Wildman–Crippen LogP) is 4.71. The number of nitrogens with zero attached hydrogens (tertiary/aromatic N) is 3. The van der Waals surface area contributed by atoms with Crippen LogP contribution in [-0.4, -0.2) is 34.1 Å². The molecular weight excluding hydrogens is 355 g/mol. The van der Waals surface area contributed by atoms with Crippen LogP contribution in [0.4, 0.5) is 13.2 Å². The zero-order valence-electron chi connectivity index (χ0n) is 14.9. The van der Waals surface area contributed by atoms with Gasteiger partial charge in [-0.1, -0.05) is 24.3 Å². The van der Waals surface area contributed by atoms with E-state index in [-0.39, 0.29) is 18.0 Å². The second kappa shape index (κ2) is 7.32. The molecule has 0 spiro atoms. The Hall–Kier alpha value is -2.38. The van der Waals surface area contributed by atoms with E-state index in [9.17, 15) is 13.2 Å². The fourth-order valence-electron chi connectivity index (χ4n) is 3.63. The summed E-state index contributed by atoms with van der Waals surface area (Å²) in [5.41, 5.74) is 1.86. The van der Waals surface area contributed by atoms with Gasteiger partial charge in [0.1, 0.15) is 11.6 Å². The van der Waals surface area contributed by atoms with Crippen LogP contribution in [0.15, 0.2) is 48.5 Å². The van der Waals surface area contributed by atoms with Crippen LogP contribution in [0, 0.1) is 5.82 Å². The summed E-state index contributed by atoms with van der Waals surface area (Å²) in [6.07, 6.45) is -0.230. The first-order chi connectivity index (χ1) is 13.0. The maximum absolute atomic E-state index is 13.7. The maximum Gasteiger partial charge on any atom is 0.320 e. The lowest BCUT2D eigenvalue weighted by Crippen LogP contribution is -2.40. The van der Waals surface area contributed by atoms with Crippen LogP contribution >= 0.6 is 0 Å². The number of hydrogen-bond acceptors (Lipinski definition) is 3. The summed E-state index contributed by atoms with van der Waals surface area (Å²) in [6.45, 7) is 0.836. The van der Waals surface area contributed by atoms with Crippen LogP contribution < -0.4 is 0 Å². The Labute approximate surface area is 155 Å². The van der Waals surface area contributed by atoms with E-state index < -0.39 is 6.55 Å². The number of morpholine rings is 1. The molecule has 1 fully saturated rings. The van der Waals surface area contributed by atoms with Crippen LogP contribution in [0.2, 0.25) is 0 Å². The molecule has 1 aliphatic heterocycles. The molecule has 1 aromatic heterocycles. The minimum absolute atomic E-state index is 0.230. The minimum atomic E-state index is -2.66. The lowest BCUT2D eigenvalue weighted by Gasteiger charge is -2.36. The highest BCUT2D eigenvalue weighted by molar-refractivity contribution is 5.76. The van der Waals surface area contributed by atoms with Crippen LogP contribution in [0.5, 0.6) is 0 Å². The highest BCUT2D eigenvalue weighted by Crippen LogP contribution is 2.32. The third-order valence-electron chi connectivity index (χ3n) is 5.08. The molecular formula is C20H20F3N3O. The zero-order valence-corrected chi connectivity index (χ0v) is 14.9. The van der Waals surface area contributed by atoms with Gasteiger partial charge >= 0.3 is 6.55 Å². The molecule has 3 aromatic rings. The molecule has 0 N–H and O–H groups in total. The number of para-hydroxylation sites is 2. The summed E-state index contributed by atoms with van der Waals surface area (Å²) in [7, 11) is 0. The molecule has 27 heavy (non-hydrogen) atoms. The van der Waals surface area contributed by atoms with Crippen molar-refractivity contribution in [3.05, 3.63) is 65.7 Å². The molecule has 2 atom stereocenters. The summed E-state index contributed by atoms with van der Waals surface area (Å²) >= 11 is 0. The van der Waals surface area contributed by atoms with Crippen molar-refractivity contribution < 1.29 is 17.9 Å². The largest absolute Gasteiger partial charge is 0.371 e. The van der Waals surface area contributed by atoms with Crippen molar-refractivity contribution in [2.24, 2.45) is 0 Å². The van der Waals surface area contributed by atoms with Crippen LogP contribution in [0.25, 0.3) is 11.0 Å². The average Bonchev–Trinajstić information content (AvgIpc) is 3.08. The van der Waals surface area contributed by atoms with E-state index in [4.69, 9.17) is 4.74 Å². The van der Waals surface area contributed by atoms with E-state index in [1.807, 2.05) is 6.92 Å². The van der Waals surface area contributed by atoms with E-state index in [0.29, 0.717) is 36.6 Å². The molecule has 2 aromatic carbocycles. The van der Waals surface area contributed by atoms with Gasteiger partial charge < -0.3 is 4.74 Å². The van der Waals surface area contributed by atoms with Gasteiger partial charge in [-0.25, -0.2) is 9.37 Å². The molecule has 1 aliphatic rings. The summed E-state index contributed by atoms with van der Waals surface area (Å²) in [5, 5.41) is 0.